The molecule has 2 heteroatoms. The van der Waals surface area contributed by atoms with E-state index in [1.54, 1.807) is 5.56 Å². The molecule has 2 unspecified atom stereocenters. The monoisotopic (exact) mass is 353 g/mol. The van der Waals surface area contributed by atoms with Gasteiger partial charge in [0.05, 0.1) is 0 Å². The molecule has 96 valence electrons. The number of allylic oxidation sites excluding steroid dienone is 1. The Morgan fingerprint density at radius 3 is 2.94 bits per heavy atom. The molecule has 1 aliphatic heterocycles. The average Bonchev–Trinajstić information content (AvgIpc) is 2.59. The highest BCUT2D eigenvalue weighted by Gasteiger charge is 2.25. The second-order valence-electron chi connectivity index (χ2n) is 5.59. The highest BCUT2D eigenvalue weighted by Crippen LogP contribution is 2.40. The van der Waals surface area contributed by atoms with Gasteiger partial charge in [-0.05, 0) is 42.4 Å². The first-order valence-electron chi connectivity index (χ1n) is 6.94. The maximum absolute atomic E-state index is 4.08. The van der Waals surface area contributed by atoms with Gasteiger partial charge in [-0.2, -0.15) is 0 Å². The summed E-state index contributed by atoms with van der Waals surface area (Å²) in [5.41, 5.74) is 5.55. The molecule has 18 heavy (non-hydrogen) atoms. The lowest BCUT2D eigenvalue weighted by molar-refractivity contribution is 0.599. The molecule has 1 nitrogen and oxygen atoms in total. The van der Waals surface area contributed by atoms with Gasteiger partial charge in [0, 0.05) is 21.7 Å². The molecule has 0 radical (unpaired) electrons. The highest BCUT2D eigenvalue weighted by molar-refractivity contribution is 14.1. The molecule has 0 bridgehead atoms. The van der Waals surface area contributed by atoms with E-state index in [4.69, 9.17) is 0 Å². The van der Waals surface area contributed by atoms with Gasteiger partial charge in [0.15, 0.2) is 0 Å². The summed E-state index contributed by atoms with van der Waals surface area (Å²) in [5.74, 6) is 0.761. The Hall–Kier alpha value is -0.510. The maximum atomic E-state index is 4.08. The van der Waals surface area contributed by atoms with Gasteiger partial charge in [-0.1, -0.05) is 54.1 Å². The topological polar surface area (TPSA) is 12.0 Å². The van der Waals surface area contributed by atoms with E-state index in [0.717, 1.165) is 22.0 Å². The number of hydrogen-bond acceptors (Lipinski definition) is 1. The van der Waals surface area contributed by atoms with Crippen LogP contribution in [0.4, 0.5) is 5.69 Å². The summed E-state index contributed by atoms with van der Waals surface area (Å²) in [4.78, 5) is 0. The Kier molecular flexibility index (Phi) is 3.64. The maximum Gasteiger partial charge on any atom is 0.0421 e. The van der Waals surface area contributed by atoms with Crippen molar-refractivity contribution in [3.63, 3.8) is 0 Å². The Morgan fingerprint density at radius 2 is 2.06 bits per heavy atom. The number of anilines is 1. The first kappa shape index (κ1) is 12.5. The number of benzene rings is 1. The number of nitrogens with one attached hydrogen (secondary N) is 1. The number of alkyl halides is 1. The van der Waals surface area contributed by atoms with E-state index >= 15 is 0 Å². The van der Waals surface area contributed by atoms with Gasteiger partial charge in [-0.3, -0.25) is 0 Å². The van der Waals surface area contributed by atoms with Crippen molar-refractivity contribution in [3.05, 3.63) is 41.6 Å². The van der Waals surface area contributed by atoms with Crippen LogP contribution < -0.4 is 5.32 Å². The Bertz CT molecular complexity index is 466. The first-order chi connectivity index (χ1) is 8.74. The van der Waals surface area contributed by atoms with Gasteiger partial charge in [0.25, 0.3) is 0 Å². The zero-order chi connectivity index (χ0) is 12.5. The Morgan fingerprint density at radius 1 is 1.22 bits per heavy atom. The van der Waals surface area contributed by atoms with Crippen molar-refractivity contribution in [2.24, 2.45) is 0 Å². The van der Waals surface area contributed by atoms with E-state index in [1.165, 1.54) is 43.4 Å². The minimum atomic E-state index is 0.761. The van der Waals surface area contributed by atoms with Crippen molar-refractivity contribution >= 4 is 28.3 Å². The predicted molar refractivity (Wildman–Crippen MR) is 86.5 cm³/mol. The van der Waals surface area contributed by atoms with Crippen LogP contribution in [0.5, 0.6) is 0 Å². The number of rotatable bonds is 1. The quantitative estimate of drug-likeness (QED) is 0.425. The zero-order valence-corrected chi connectivity index (χ0v) is 12.9. The molecule has 1 heterocycles. The molecular formula is C16H20IN. The van der Waals surface area contributed by atoms with Crippen LogP contribution in [-0.2, 0) is 6.42 Å². The third-order valence-corrected chi connectivity index (χ3v) is 5.35. The minimum absolute atomic E-state index is 0.761. The molecule has 0 spiro atoms. The predicted octanol–water partition coefficient (Wildman–Crippen LogP) is 5.02. The van der Waals surface area contributed by atoms with Crippen LogP contribution in [-0.4, -0.2) is 3.92 Å². The van der Waals surface area contributed by atoms with Gasteiger partial charge < -0.3 is 5.32 Å². The fourth-order valence-electron chi connectivity index (χ4n) is 3.33. The van der Waals surface area contributed by atoms with E-state index in [0.29, 0.717) is 0 Å². The second kappa shape index (κ2) is 5.24. The first-order valence-corrected chi connectivity index (χ1v) is 8.19. The molecule has 1 N–H and O–H groups in total. The molecule has 0 amide bonds. The molecule has 0 aromatic heterocycles. The van der Waals surface area contributed by atoms with Crippen LogP contribution in [0.15, 0.2) is 30.5 Å². The van der Waals surface area contributed by atoms with Crippen molar-refractivity contribution < 1.29 is 0 Å². The molecule has 3 rings (SSSR count). The lowest BCUT2D eigenvalue weighted by Crippen LogP contribution is -2.06. The third-order valence-electron chi connectivity index (χ3n) is 4.21. The molecular weight excluding hydrogens is 333 g/mol. The lowest BCUT2D eigenvalue weighted by atomic mass is 9.87. The van der Waals surface area contributed by atoms with Crippen LogP contribution in [0.25, 0.3) is 0 Å². The molecule has 2 aliphatic rings. The van der Waals surface area contributed by atoms with Crippen molar-refractivity contribution in [3.8, 4) is 0 Å². The fraction of sp³-hybridized carbons (Fsp3) is 0.500. The summed E-state index contributed by atoms with van der Waals surface area (Å²) in [7, 11) is 0. The minimum Gasteiger partial charge on any atom is -0.359 e. The zero-order valence-electron chi connectivity index (χ0n) is 10.7. The fourth-order valence-corrected chi connectivity index (χ4v) is 4.39. The molecule has 0 saturated heterocycles. The van der Waals surface area contributed by atoms with E-state index in [9.17, 15) is 0 Å². The van der Waals surface area contributed by atoms with Gasteiger partial charge in [0.1, 0.15) is 0 Å². The van der Waals surface area contributed by atoms with E-state index in [2.05, 4.69) is 52.7 Å². The summed E-state index contributed by atoms with van der Waals surface area (Å²) in [6.07, 6.45) is 7.93. The summed E-state index contributed by atoms with van der Waals surface area (Å²) in [6, 6.07) is 6.74. The van der Waals surface area contributed by atoms with Crippen LogP contribution in [0, 0.1) is 0 Å². The third kappa shape index (κ3) is 2.44. The van der Waals surface area contributed by atoms with Gasteiger partial charge in [-0.25, -0.2) is 0 Å². The highest BCUT2D eigenvalue weighted by atomic mass is 127. The van der Waals surface area contributed by atoms with Gasteiger partial charge in [0.2, 0.25) is 0 Å². The molecule has 1 aliphatic carbocycles. The van der Waals surface area contributed by atoms with Crippen molar-refractivity contribution in [2.45, 2.75) is 48.4 Å². The van der Waals surface area contributed by atoms with E-state index in [-0.39, 0.29) is 0 Å². The van der Waals surface area contributed by atoms with Crippen molar-refractivity contribution in [2.75, 3.05) is 5.32 Å². The number of fused-ring (bicyclic) bond motifs is 1. The van der Waals surface area contributed by atoms with Crippen molar-refractivity contribution in [1.29, 1.82) is 0 Å². The molecule has 1 aromatic rings. The van der Waals surface area contributed by atoms with Crippen molar-refractivity contribution in [1.82, 2.24) is 0 Å². The number of hydrogen-bond donors (Lipinski definition) is 1. The molecule has 1 fully saturated rings. The second-order valence-corrected chi connectivity index (χ2v) is 7.35. The average molecular weight is 353 g/mol. The smallest absolute Gasteiger partial charge is 0.0421 e. The van der Waals surface area contributed by atoms with Gasteiger partial charge >= 0.3 is 0 Å². The van der Waals surface area contributed by atoms with Crippen LogP contribution in [0.2, 0.25) is 0 Å². The molecule has 1 aromatic carbocycles. The standard InChI is InChI=1S/C16H20IN/c1-11-9-15-14(7-4-8-16(15)18-11)12-5-2-3-6-13(17)10-12/h4,7-8,12-13,18H,1-3,5-6,9-10H2. The molecule has 2 atom stereocenters. The van der Waals surface area contributed by atoms with Gasteiger partial charge in [-0.15, -0.1) is 0 Å². The SMILES string of the molecule is C=C1Cc2c(cccc2C2CCCCC(I)C2)N1. The lowest BCUT2D eigenvalue weighted by Gasteiger charge is -2.19. The van der Waals surface area contributed by atoms with E-state index < -0.39 is 0 Å². The Balaban J connectivity index is 1.92. The number of halogens is 1. The summed E-state index contributed by atoms with van der Waals surface area (Å²) >= 11 is 2.64. The largest absolute Gasteiger partial charge is 0.359 e. The summed E-state index contributed by atoms with van der Waals surface area (Å²) in [5, 5.41) is 3.41. The Labute approximate surface area is 123 Å². The summed E-state index contributed by atoms with van der Waals surface area (Å²) in [6.45, 7) is 4.08. The summed E-state index contributed by atoms with van der Waals surface area (Å²) < 4.78 is 0.850. The van der Waals surface area contributed by atoms with E-state index in [1.807, 2.05) is 0 Å². The van der Waals surface area contributed by atoms with Crippen LogP contribution in [0.1, 0.15) is 49.1 Å². The normalized spacial score (nSPS) is 27.5. The van der Waals surface area contributed by atoms with Crippen LogP contribution in [0.3, 0.4) is 0 Å². The molecule has 1 saturated carbocycles. The van der Waals surface area contributed by atoms with Crippen LogP contribution >= 0.6 is 22.6 Å².